The van der Waals surface area contributed by atoms with Gasteiger partial charge in [-0.05, 0) is 31.4 Å². The standard InChI is InChI=1S/C21H24N2O3.CH4O/c1-3-16-10-7-11-23(16)21(24)17-12-19(25-2)20(13-18(17)22)26-14-15-8-5-4-6-9-15;1-2/h3-6,8-9,12-13H,7,10-11,14,22H2,1-2H3;2H,1H3/b16-3-;. The van der Waals surface area contributed by atoms with Crippen molar-refractivity contribution >= 4 is 11.6 Å². The number of allylic oxidation sites excluding steroid dienone is 2. The summed E-state index contributed by atoms with van der Waals surface area (Å²) in [6.07, 6.45) is 3.87. The van der Waals surface area contributed by atoms with Crippen molar-refractivity contribution in [2.24, 2.45) is 0 Å². The molecule has 1 amide bonds. The number of nitrogens with two attached hydrogens (primary N) is 1. The first-order valence-electron chi connectivity index (χ1n) is 9.20. The van der Waals surface area contributed by atoms with Crippen LogP contribution in [0, 0.1) is 0 Å². The normalized spacial score (nSPS) is 14.4. The molecule has 1 heterocycles. The van der Waals surface area contributed by atoms with E-state index in [4.69, 9.17) is 20.3 Å². The molecule has 1 saturated heterocycles. The quantitative estimate of drug-likeness (QED) is 0.770. The second-order valence-electron chi connectivity index (χ2n) is 6.20. The van der Waals surface area contributed by atoms with Crippen LogP contribution in [0.25, 0.3) is 0 Å². The highest BCUT2D eigenvalue weighted by atomic mass is 16.5. The molecule has 0 radical (unpaired) electrons. The van der Waals surface area contributed by atoms with E-state index in [9.17, 15) is 4.79 Å². The van der Waals surface area contributed by atoms with Crippen LogP contribution < -0.4 is 15.2 Å². The number of likely N-dealkylation sites (tertiary alicyclic amines) is 1. The zero-order valence-corrected chi connectivity index (χ0v) is 16.6. The molecule has 2 aromatic carbocycles. The summed E-state index contributed by atoms with van der Waals surface area (Å²) in [6.45, 7) is 3.07. The van der Waals surface area contributed by atoms with Crippen LogP contribution in [0.3, 0.4) is 0 Å². The third-order valence-electron chi connectivity index (χ3n) is 4.54. The molecule has 0 atom stereocenters. The number of rotatable bonds is 5. The van der Waals surface area contributed by atoms with Gasteiger partial charge in [0.1, 0.15) is 6.61 Å². The largest absolute Gasteiger partial charge is 0.493 e. The van der Waals surface area contributed by atoms with Gasteiger partial charge in [-0.1, -0.05) is 36.4 Å². The summed E-state index contributed by atoms with van der Waals surface area (Å²) in [7, 11) is 2.56. The van der Waals surface area contributed by atoms with Crippen LogP contribution >= 0.6 is 0 Å². The first-order chi connectivity index (χ1) is 13.6. The van der Waals surface area contributed by atoms with E-state index < -0.39 is 0 Å². The summed E-state index contributed by atoms with van der Waals surface area (Å²) in [5.41, 5.74) is 9.08. The molecule has 6 nitrogen and oxygen atoms in total. The number of aliphatic hydroxyl groups excluding tert-OH is 1. The molecule has 0 saturated carbocycles. The molecular weight excluding hydrogens is 356 g/mol. The van der Waals surface area contributed by atoms with E-state index in [1.54, 1.807) is 24.1 Å². The van der Waals surface area contributed by atoms with Crippen molar-refractivity contribution in [3.05, 3.63) is 65.4 Å². The Hall–Kier alpha value is -2.99. The van der Waals surface area contributed by atoms with Crippen LogP contribution in [0.1, 0.15) is 35.7 Å². The number of nitrogen functional groups attached to an aromatic ring is 1. The fourth-order valence-electron chi connectivity index (χ4n) is 3.14. The summed E-state index contributed by atoms with van der Waals surface area (Å²) in [5, 5.41) is 7.00. The van der Waals surface area contributed by atoms with Gasteiger partial charge in [-0.3, -0.25) is 4.79 Å². The monoisotopic (exact) mass is 384 g/mol. The van der Waals surface area contributed by atoms with Crippen molar-refractivity contribution in [2.75, 3.05) is 26.5 Å². The lowest BCUT2D eigenvalue weighted by atomic mass is 10.1. The van der Waals surface area contributed by atoms with E-state index in [0.717, 1.165) is 31.2 Å². The van der Waals surface area contributed by atoms with Gasteiger partial charge in [0.15, 0.2) is 11.5 Å². The Bertz CT molecular complexity index is 819. The Morgan fingerprint density at radius 1 is 1.21 bits per heavy atom. The van der Waals surface area contributed by atoms with E-state index in [0.29, 0.717) is 35.9 Å². The number of benzene rings is 2. The Labute approximate surface area is 166 Å². The lowest BCUT2D eigenvalue weighted by Gasteiger charge is -2.20. The smallest absolute Gasteiger partial charge is 0.260 e. The fourth-order valence-corrected chi connectivity index (χ4v) is 3.14. The van der Waals surface area contributed by atoms with E-state index in [1.807, 2.05) is 43.3 Å². The van der Waals surface area contributed by atoms with E-state index in [1.165, 1.54) is 0 Å². The number of nitrogens with zero attached hydrogens (tertiary/aromatic N) is 1. The summed E-state index contributed by atoms with van der Waals surface area (Å²) < 4.78 is 11.3. The number of carbonyl (C=O) groups excluding carboxylic acids is 1. The SMILES string of the molecule is C/C=C1/CCCN1C(=O)c1cc(OC)c(OCc2ccccc2)cc1N.CO. The first kappa shape index (κ1) is 21.3. The van der Waals surface area contributed by atoms with Crippen molar-refractivity contribution in [1.82, 2.24) is 4.90 Å². The molecule has 2 aromatic rings. The van der Waals surface area contributed by atoms with Gasteiger partial charge in [0.2, 0.25) is 0 Å². The second kappa shape index (κ2) is 10.4. The maximum atomic E-state index is 12.9. The van der Waals surface area contributed by atoms with Gasteiger partial charge < -0.3 is 25.2 Å². The van der Waals surface area contributed by atoms with Gasteiger partial charge in [0.25, 0.3) is 5.91 Å². The molecule has 6 heteroatoms. The van der Waals surface area contributed by atoms with Gasteiger partial charge >= 0.3 is 0 Å². The van der Waals surface area contributed by atoms with Crippen LogP contribution in [0.5, 0.6) is 11.5 Å². The van der Waals surface area contributed by atoms with Gasteiger partial charge in [0, 0.05) is 31.1 Å². The van der Waals surface area contributed by atoms with Crippen molar-refractivity contribution in [2.45, 2.75) is 26.4 Å². The Morgan fingerprint density at radius 3 is 2.57 bits per heavy atom. The molecule has 3 rings (SSSR count). The predicted molar refractivity (Wildman–Crippen MR) is 110 cm³/mol. The second-order valence-corrected chi connectivity index (χ2v) is 6.20. The lowest BCUT2D eigenvalue weighted by molar-refractivity contribution is 0.0825. The van der Waals surface area contributed by atoms with Crippen molar-refractivity contribution in [3.63, 3.8) is 0 Å². The van der Waals surface area contributed by atoms with Gasteiger partial charge in [-0.2, -0.15) is 0 Å². The molecule has 0 unspecified atom stereocenters. The zero-order valence-electron chi connectivity index (χ0n) is 16.6. The minimum atomic E-state index is -0.0963. The van der Waals surface area contributed by atoms with E-state index in [-0.39, 0.29) is 5.91 Å². The number of methoxy groups -OCH3 is 1. The Kier molecular flexibility index (Phi) is 7.89. The minimum Gasteiger partial charge on any atom is -0.493 e. The number of carbonyl (C=O) groups is 1. The number of ether oxygens (including phenoxy) is 2. The van der Waals surface area contributed by atoms with Gasteiger partial charge in [-0.25, -0.2) is 0 Å². The minimum absolute atomic E-state index is 0.0963. The highest BCUT2D eigenvalue weighted by molar-refractivity contribution is 6.01. The van der Waals surface area contributed by atoms with Crippen LogP contribution in [0.2, 0.25) is 0 Å². The molecule has 0 aliphatic carbocycles. The average molecular weight is 384 g/mol. The van der Waals surface area contributed by atoms with Gasteiger partial charge in [0.05, 0.1) is 12.7 Å². The number of aliphatic hydroxyl groups is 1. The molecular formula is C22H28N2O4. The van der Waals surface area contributed by atoms with E-state index >= 15 is 0 Å². The first-order valence-corrected chi connectivity index (χ1v) is 9.20. The summed E-state index contributed by atoms with van der Waals surface area (Å²) in [4.78, 5) is 14.7. The number of hydrogen-bond donors (Lipinski definition) is 2. The maximum absolute atomic E-state index is 12.9. The summed E-state index contributed by atoms with van der Waals surface area (Å²) >= 11 is 0. The molecule has 1 aliphatic heterocycles. The lowest BCUT2D eigenvalue weighted by Crippen LogP contribution is -2.27. The molecule has 0 spiro atoms. The van der Waals surface area contributed by atoms with Crippen molar-refractivity contribution in [3.8, 4) is 11.5 Å². The van der Waals surface area contributed by atoms with Crippen LogP contribution in [-0.2, 0) is 6.61 Å². The average Bonchev–Trinajstić information content (AvgIpc) is 3.23. The third-order valence-corrected chi connectivity index (χ3v) is 4.54. The predicted octanol–water partition coefficient (Wildman–Crippen LogP) is 3.60. The van der Waals surface area contributed by atoms with Crippen LogP contribution in [0.15, 0.2) is 54.2 Å². The summed E-state index contributed by atoms with van der Waals surface area (Å²) in [6, 6.07) is 13.2. The highest BCUT2D eigenvalue weighted by Gasteiger charge is 2.26. The van der Waals surface area contributed by atoms with Crippen molar-refractivity contribution < 1.29 is 19.4 Å². The number of anilines is 1. The highest BCUT2D eigenvalue weighted by Crippen LogP contribution is 2.34. The fraction of sp³-hybridized carbons (Fsp3) is 0.318. The number of amides is 1. The van der Waals surface area contributed by atoms with Crippen molar-refractivity contribution in [1.29, 1.82) is 0 Å². The zero-order chi connectivity index (χ0) is 20.5. The molecule has 0 aromatic heterocycles. The molecule has 28 heavy (non-hydrogen) atoms. The van der Waals surface area contributed by atoms with Crippen LogP contribution in [-0.4, -0.2) is 36.7 Å². The number of hydrogen-bond acceptors (Lipinski definition) is 5. The summed E-state index contributed by atoms with van der Waals surface area (Å²) in [5.74, 6) is 0.929. The topological polar surface area (TPSA) is 85.0 Å². The maximum Gasteiger partial charge on any atom is 0.260 e. The van der Waals surface area contributed by atoms with Crippen LogP contribution in [0.4, 0.5) is 5.69 Å². The molecule has 1 aliphatic rings. The molecule has 3 N–H and O–H groups in total. The molecule has 150 valence electrons. The Morgan fingerprint density at radius 2 is 1.93 bits per heavy atom. The third kappa shape index (κ3) is 4.84. The molecule has 1 fully saturated rings. The van der Waals surface area contributed by atoms with Gasteiger partial charge in [-0.15, -0.1) is 0 Å². The van der Waals surface area contributed by atoms with E-state index in [2.05, 4.69) is 0 Å². The molecule has 0 bridgehead atoms. The Balaban J connectivity index is 0.00000136.